The first-order valence-electron chi connectivity index (χ1n) is 6.44. The van der Waals surface area contributed by atoms with Gasteiger partial charge in [0.15, 0.2) is 0 Å². The number of carbonyl (C=O) groups excluding carboxylic acids is 1. The van der Waals surface area contributed by atoms with Gasteiger partial charge in [0.05, 0.1) is 5.54 Å². The van der Waals surface area contributed by atoms with Gasteiger partial charge in [-0.15, -0.1) is 0 Å². The minimum absolute atomic E-state index is 0.0638. The Morgan fingerprint density at radius 1 is 1.25 bits per heavy atom. The number of amides is 2. The number of nitrogens with one attached hydrogen (secondary N) is 1. The van der Waals surface area contributed by atoms with Gasteiger partial charge in [0, 0.05) is 19.6 Å². The van der Waals surface area contributed by atoms with E-state index in [0.717, 1.165) is 38.8 Å². The van der Waals surface area contributed by atoms with Gasteiger partial charge in [-0.05, 0) is 32.1 Å². The maximum Gasteiger partial charge on any atom is 0.317 e. The van der Waals surface area contributed by atoms with Crippen LogP contribution >= 0.6 is 0 Å². The lowest BCUT2D eigenvalue weighted by molar-refractivity contribution is 0.170. The average Bonchev–Trinajstić information content (AvgIpc) is 2.37. The number of urea groups is 1. The summed E-state index contributed by atoms with van der Waals surface area (Å²) in [6, 6.07) is 0.0638. The van der Waals surface area contributed by atoms with Crippen LogP contribution in [-0.2, 0) is 0 Å². The molecular formula is C12H25N3O. The average molecular weight is 227 g/mol. The monoisotopic (exact) mass is 227 g/mol. The molecule has 0 atom stereocenters. The van der Waals surface area contributed by atoms with Crippen molar-refractivity contribution in [3.8, 4) is 0 Å². The first-order valence-corrected chi connectivity index (χ1v) is 6.44. The molecule has 94 valence electrons. The van der Waals surface area contributed by atoms with Crippen molar-refractivity contribution in [2.75, 3.05) is 19.6 Å². The Morgan fingerprint density at radius 3 is 2.25 bits per heavy atom. The molecule has 16 heavy (non-hydrogen) atoms. The van der Waals surface area contributed by atoms with Crippen LogP contribution in [0.3, 0.4) is 0 Å². The van der Waals surface area contributed by atoms with Crippen LogP contribution in [0.25, 0.3) is 0 Å². The lowest BCUT2D eigenvalue weighted by Crippen LogP contribution is -2.57. The fourth-order valence-corrected chi connectivity index (χ4v) is 2.17. The van der Waals surface area contributed by atoms with Crippen molar-refractivity contribution in [2.24, 2.45) is 5.73 Å². The maximum atomic E-state index is 12.0. The van der Waals surface area contributed by atoms with E-state index in [9.17, 15) is 4.79 Å². The van der Waals surface area contributed by atoms with E-state index < -0.39 is 0 Å². The largest absolute Gasteiger partial charge is 0.331 e. The molecule has 0 unspecified atom stereocenters. The number of hydrogen-bond donors (Lipinski definition) is 2. The van der Waals surface area contributed by atoms with Gasteiger partial charge < -0.3 is 16.0 Å². The van der Waals surface area contributed by atoms with Gasteiger partial charge in [0.1, 0.15) is 0 Å². The third kappa shape index (κ3) is 3.11. The molecule has 0 saturated carbocycles. The van der Waals surface area contributed by atoms with Crippen molar-refractivity contribution in [1.29, 1.82) is 0 Å². The number of piperidine rings is 1. The van der Waals surface area contributed by atoms with Crippen molar-refractivity contribution >= 4 is 6.03 Å². The highest BCUT2D eigenvalue weighted by atomic mass is 16.2. The fraction of sp³-hybridized carbons (Fsp3) is 0.917. The van der Waals surface area contributed by atoms with Gasteiger partial charge in [-0.3, -0.25) is 0 Å². The Kier molecular flexibility index (Phi) is 5.06. The molecule has 0 aromatic heterocycles. The molecule has 1 saturated heterocycles. The summed E-state index contributed by atoms with van der Waals surface area (Å²) < 4.78 is 0. The maximum absolute atomic E-state index is 12.0. The van der Waals surface area contributed by atoms with E-state index in [-0.39, 0.29) is 11.6 Å². The first-order chi connectivity index (χ1) is 7.67. The number of likely N-dealkylation sites (tertiary alicyclic amines) is 1. The second-order valence-corrected chi connectivity index (χ2v) is 4.67. The van der Waals surface area contributed by atoms with Crippen molar-refractivity contribution in [1.82, 2.24) is 10.2 Å². The van der Waals surface area contributed by atoms with E-state index in [2.05, 4.69) is 19.2 Å². The second kappa shape index (κ2) is 6.09. The van der Waals surface area contributed by atoms with Crippen LogP contribution in [0.1, 0.15) is 46.0 Å². The molecule has 0 aliphatic carbocycles. The lowest BCUT2D eigenvalue weighted by atomic mass is 9.93. The van der Waals surface area contributed by atoms with Gasteiger partial charge in [-0.1, -0.05) is 13.8 Å². The third-order valence-corrected chi connectivity index (χ3v) is 3.76. The van der Waals surface area contributed by atoms with E-state index in [1.54, 1.807) is 0 Å². The molecule has 1 aliphatic heterocycles. The van der Waals surface area contributed by atoms with E-state index in [1.165, 1.54) is 6.42 Å². The Morgan fingerprint density at radius 2 is 1.81 bits per heavy atom. The molecule has 0 bridgehead atoms. The summed E-state index contributed by atoms with van der Waals surface area (Å²) in [4.78, 5) is 14.0. The lowest BCUT2D eigenvalue weighted by Gasteiger charge is -2.35. The molecule has 0 aromatic carbocycles. The molecule has 0 aromatic rings. The van der Waals surface area contributed by atoms with Crippen LogP contribution in [0.5, 0.6) is 0 Å². The van der Waals surface area contributed by atoms with Crippen molar-refractivity contribution in [3.05, 3.63) is 0 Å². The third-order valence-electron chi connectivity index (χ3n) is 3.76. The Hall–Kier alpha value is -0.770. The summed E-state index contributed by atoms with van der Waals surface area (Å²) in [6.45, 7) is 6.44. The summed E-state index contributed by atoms with van der Waals surface area (Å²) in [5, 5.41) is 3.11. The molecule has 0 radical (unpaired) electrons. The Labute approximate surface area is 98.6 Å². The SMILES string of the molecule is CCC(CC)(CN)NC(=O)N1CCCCC1. The highest BCUT2D eigenvalue weighted by Crippen LogP contribution is 2.15. The topological polar surface area (TPSA) is 58.4 Å². The number of nitrogens with two attached hydrogens (primary N) is 1. The van der Waals surface area contributed by atoms with Gasteiger partial charge in [0.2, 0.25) is 0 Å². The Balaban J connectivity index is 2.53. The van der Waals surface area contributed by atoms with Crippen molar-refractivity contribution in [2.45, 2.75) is 51.5 Å². The van der Waals surface area contributed by atoms with Crippen molar-refractivity contribution in [3.63, 3.8) is 0 Å². The number of nitrogens with zero attached hydrogens (tertiary/aromatic N) is 1. The van der Waals surface area contributed by atoms with Crippen LogP contribution in [0.4, 0.5) is 4.79 Å². The van der Waals surface area contributed by atoms with Gasteiger partial charge >= 0.3 is 6.03 Å². The van der Waals surface area contributed by atoms with Crippen LogP contribution < -0.4 is 11.1 Å². The van der Waals surface area contributed by atoms with E-state index in [0.29, 0.717) is 6.54 Å². The van der Waals surface area contributed by atoms with Crippen LogP contribution in [0, 0.1) is 0 Å². The second-order valence-electron chi connectivity index (χ2n) is 4.67. The predicted molar refractivity (Wildman–Crippen MR) is 66.3 cm³/mol. The minimum Gasteiger partial charge on any atom is -0.331 e. The standard InChI is InChI=1S/C12H25N3O/c1-3-12(4-2,10-13)14-11(16)15-8-6-5-7-9-15/h3-10,13H2,1-2H3,(H,14,16). The number of hydrogen-bond acceptors (Lipinski definition) is 2. The van der Waals surface area contributed by atoms with E-state index >= 15 is 0 Å². The highest BCUT2D eigenvalue weighted by molar-refractivity contribution is 5.75. The smallest absolute Gasteiger partial charge is 0.317 e. The minimum atomic E-state index is -0.214. The number of rotatable bonds is 4. The zero-order chi connectivity index (χ0) is 12.0. The molecule has 3 N–H and O–H groups in total. The zero-order valence-corrected chi connectivity index (χ0v) is 10.6. The molecule has 4 nitrogen and oxygen atoms in total. The summed E-state index contributed by atoms with van der Waals surface area (Å²) in [6.07, 6.45) is 5.27. The summed E-state index contributed by atoms with van der Waals surface area (Å²) in [5.74, 6) is 0. The predicted octanol–water partition coefficient (Wildman–Crippen LogP) is 1.70. The quantitative estimate of drug-likeness (QED) is 0.768. The summed E-state index contributed by atoms with van der Waals surface area (Å²) in [7, 11) is 0. The normalized spacial score (nSPS) is 17.3. The highest BCUT2D eigenvalue weighted by Gasteiger charge is 2.28. The van der Waals surface area contributed by atoms with Gasteiger partial charge in [-0.2, -0.15) is 0 Å². The van der Waals surface area contributed by atoms with Gasteiger partial charge in [-0.25, -0.2) is 4.79 Å². The molecule has 2 amide bonds. The van der Waals surface area contributed by atoms with E-state index in [4.69, 9.17) is 5.73 Å². The van der Waals surface area contributed by atoms with Gasteiger partial charge in [0.25, 0.3) is 0 Å². The molecule has 1 aliphatic rings. The van der Waals surface area contributed by atoms with E-state index in [1.807, 2.05) is 4.90 Å². The fourth-order valence-electron chi connectivity index (χ4n) is 2.17. The molecule has 0 spiro atoms. The zero-order valence-electron chi connectivity index (χ0n) is 10.6. The van der Waals surface area contributed by atoms with Crippen LogP contribution in [0.2, 0.25) is 0 Å². The summed E-state index contributed by atoms with van der Waals surface area (Å²) >= 11 is 0. The molecular weight excluding hydrogens is 202 g/mol. The molecule has 1 heterocycles. The Bertz CT molecular complexity index is 212. The molecule has 1 rings (SSSR count). The molecule has 4 heteroatoms. The number of carbonyl (C=O) groups is 1. The molecule has 1 fully saturated rings. The first kappa shape index (κ1) is 13.3. The van der Waals surface area contributed by atoms with Crippen LogP contribution in [0.15, 0.2) is 0 Å². The summed E-state index contributed by atoms with van der Waals surface area (Å²) in [5.41, 5.74) is 5.56. The van der Waals surface area contributed by atoms with Crippen molar-refractivity contribution < 1.29 is 4.79 Å². The van der Waals surface area contributed by atoms with Crippen LogP contribution in [-0.4, -0.2) is 36.1 Å².